The molecule has 2 N–H and O–H groups in total. The normalized spacial score (nSPS) is 13.4. The Morgan fingerprint density at radius 2 is 2.07 bits per heavy atom. The van der Waals surface area contributed by atoms with Gasteiger partial charge in [-0.3, -0.25) is 9.62 Å². The Labute approximate surface area is 165 Å². The summed E-state index contributed by atoms with van der Waals surface area (Å²) < 4.78 is 31.8. The Hall–Kier alpha value is -2.92. The summed E-state index contributed by atoms with van der Waals surface area (Å²) in [7, 11) is -3.51. The van der Waals surface area contributed by atoms with Crippen LogP contribution in [-0.2, 0) is 16.4 Å². The van der Waals surface area contributed by atoms with Crippen LogP contribution in [0.25, 0.3) is 10.8 Å². The highest BCUT2D eigenvalue weighted by atomic mass is 32.2. The third-order valence-electron chi connectivity index (χ3n) is 4.20. The molecule has 1 aliphatic heterocycles. The molecule has 1 aliphatic rings. The molecule has 1 aromatic carbocycles. The van der Waals surface area contributed by atoms with Gasteiger partial charge in [0.2, 0.25) is 15.2 Å². The van der Waals surface area contributed by atoms with Crippen LogP contribution in [0.15, 0.2) is 47.1 Å². The van der Waals surface area contributed by atoms with Crippen molar-refractivity contribution in [2.75, 3.05) is 28.5 Å². The van der Waals surface area contributed by atoms with Crippen molar-refractivity contribution < 1.29 is 17.6 Å². The van der Waals surface area contributed by atoms with Gasteiger partial charge in [0.25, 0.3) is 0 Å². The SMILES string of the molecule is O=C(NCCS(=O)(=O)N1CCc2ccccc21)Nc1nnc(-c2ccco2)s1. The highest BCUT2D eigenvalue weighted by Gasteiger charge is 2.28. The van der Waals surface area contributed by atoms with E-state index in [2.05, 4.69) is 20.8 Å². The molecule has 3 heterocycles. The van der Waals surface area contributed by atoms with E-state index in [-0.39, 0.29) is 12.3 Å². The number of furan rings is 1. The molecule has 28 heavy (non-hydrogen) atoms. The number of anilines is 2. The van der Waals surface area contributed by atoms with Gasteiger partial charge in [0, 0.05) is 13.1 Å². The van der Waals surface area contributed by atoms with E-state index in [1.165, 1.54) is 10.6 Å². The maximum atomic E-state index is 12.6. The van der Waals surface area contributed by atoms with Gasteiger partial charge in [-0.25, -0.2) is 13.2 Å². The summed E-state index contributed by atoms with van der Waals surface area (Å²) >= 11 is 1.16. The van der Waals surface area contributed by atoms with Gasteiger partial charge in [-0.1, -0.05) is 29.5 Å². The average molecular weight is 419 g/mol. The van der Waals surface area contributed by atoms with Gasteiger partial charge in [0.15, 0.2) is 10.8 Å². The van der Waals surface area contributed by atoms with Gasteiger partial charge >= 0.3 is 6.03 Å². The summed E-state index contributed by atoms with van der Waals surface area (Å²) in [4.78, 5) is 12.0. The van der Waals surface area contributed by atoms with Gasteiger partial charge in [-0.2, -0.15) is 0 Å². The van der Waals surface area contributed by atoms with Crippen LogP contribution in [-0.4, -0.2) is 43.5 Å². The Kier molecular flexibility index (Phi) is 5.01. The van der Waals surface area contributed by atoms with Crippen molar-refractivity contribution in [1.29, 1.82) is 0 Å². The van der Waals surface area contributed by atoms with Crippen molar-refractivity contribution in [2.45, 2.75) is 6.42 Å². The van der Waals surface area contributed by atoms with E-state index in [1.807, 2.05) is 18.2 Å². The first-order valence-corrected chi connectivity index (χ1v) is 11.0. The average Bonchev–Trinajstić information content (AvgIpc) is 3.41. The first-order valence-electron chi connectivity index (χ1n) is 8.53. The maximum Gasteiger partial charge on any atom is 0.321 e. The zero-order valence-electron chi connectivity index (χ0n) is 14.7. The summed E-state index contributed by atoms with van der Waals surface area (Å²) in [6.07, 6.45) is 2.22. The summed E-state index contributed by atoms with van der Waals surface area (Å²) in [6.45, 7) is 0.408. The van der Waals surface area contributed by atoms with E-state index >= 15 is 0 Å². The molecular weight excluding hydrogens is 402 g/mol. The van der Waals surface area contributed by atoms with Gasteiger partial charge in [0.05, 0.1) is 17.7 Å². The molecule has 0 bridgehead atoms. The van der Waals surface area contributed by atoms with E-state index < -0.39 is 16.1 Å². The molecule has 0 radical (unpaired) electrons. The lowest BCUT2D eigenvalue weighted by Gasteiger charge is -2.19. The Morgan fingerprint density at radius 1 is 1.21 bits per heavy atom. The predicted octanol–water partition coefficient (Wildman–Crippen LogP) is 2.31. The fraction of sp³-hybridized carbons (Fsp3) is 0.235. The molecule has 0 atom stereocenters. The number of carbonyl (C=O) groups is 1. The highest BCUT2D eigenvalue weighted by molar-refractivity contribution is 7.92. The number of urea groups is 1. The molecule has 0 unspecified atom stereocenters. The maximum absolute atomic E-state index is 12.6. The molecule has 0 fully saturated rings. The summed E-state index contributed by atoms with van der Waals surface area (Å²) in [5, 5.41) is 13.7. The molecule has 2 aromatic heterocycles. The lowest BCUT2D eigenvalue weighted by molar-refractivity contribution is 0.252. The molecule has 11 heteroatoms. The number of sulfonamides is 1. The zero-order chi connectivity index (χ0) is 19.6. The number of hydrogen-bond donors (Lipinski definition) is 2. The lowest BCUT2D eigenvalue weighted by atomic mass is 10.2. The summed E-state index contributed by atoms with van der Waals surface area (Å²) in [5.41, 5.74) is 1.73. The second-order valence-corrected chi connectivity index (χ2v) is 9.03. The largest absolute Gasteiger partial charge is 0.462 e. The van der Waals surface area contributed by atoms with E-state index in [9.17, 15) is 13.2 Å². The standard InChI is InChI=1S/C17H17N5O4S2/c23-16(19-17-21-20-15(27-17)14-6-3-10-26-14)18-8-11-28(24,25)22-9-7-12-4-1-2-5-13(12)22/h1-6,10H,7-9,11H2,(H2,18,19,21,23). The van der Waals surface area contributed by atoms with Crippen LogP contribution >= 0.6 is 11.3 Å². The first-order chi connectivity index (χ1) is 13.5. The van der Waals surface area contributed by atoms with E-state index in [4.69, 9.17) is 4.42 Å². The van der Waals surface area contributed by atoms with Crippen molar-refractivity contribution in [3.05, 3.63) is 48.2 Å². The third kappa shape index (κ3) is 3.85. The first kappa shape index (κ1) is 18.4. The van der Waals surface area contributed by atoms with Crippen LogP contribution in [0.4, 0.5) is 15.6 Å². The fourth-order valence-corrected chi connectivity index (χ4v) is 5.05. The number of hydrogen-bond acceptors (Lipinski definition) is 7. The van der Waals surface area contributed by atoms with Gasteiger partial charge in [-0.15, -0.1) is 10.2 Å². The van der Waals surface area contributed by atoms with Crippen molar-refractivity contribution >= 4 is 38.2 Å². The Bertz CT molecular complexity index is 1080. The number of aromatic nitrogens is 2. The summed E-state index contributed by atoms with van der Waals surface area (Å²) in [5.74, 6) is 0.366. The van der Waals surface area contributed by atoms with E-state index in [0.29, 0.717) is 34.6 Å². The van der Waals surface area contributed by atoms with Gasteiger partial charge in [0.1, 0.15) is 0 Å². The minimum absolute atomic E-state index is 0.0172. The molecule has 0 spiro atoms. The van der Waals surface area contributed by atoms with Crippen LogP contribution in [0, 0.1) is 0 Å². The number of para-hydroxylation sites is 1. The van der Waals surface area contributed by atoms with Crippen molar-refractivity contribution in [2.24, 2.45) is 0 Å². The van der Waals surface area contributed by atoms with Crippen LogP contribution < -0.4 is 14.9 Å². The molecule has 4 rings (SSSR count). The lowest BCUT2D eigenvalue weighted by Crippen LogP contribution is -2.38. The second-order valence-electron chi connectivity index (χ2n) is 6.04. The second kappa shape index (κ2) is 7.60. The Balaban J connectivity index is 1.30. The number of nitrogens with one attached hydrogen (secondary N) is 2. The van der Waals surface area contributed by atoms with Gasteiger partial charge in [-0.05, 0) is 30.2 Å². The molecule has 0 saturated carbocycles. The van der Waals surface area contributed by atoms with Crippen LogP contribution in [0.2, 0.25) is 0 Å². The topological polar surface area (TPSA) is 117 Å². The number of carbonyl (C=O) groups excluding carboxylic acids is 1. The van der Waals surface area contributed by atoms with Crippen LogP contribution in [0.3, 0.4) is 0 Å². The number of fused-ring (bicyclic) bond motifs is 1. The van der Waals surface area contributed by atoms with Crippen LogP contribution in [0.5, 0.6) is 0 Å². The zero-order valence-corrected chi connectivity index (χ0v) is 16.3. The molecule has 3 aromatic rings. The number of nitrogens with zero attached hydrogens (tertiary/aromatic N) is 3. The predicted molar refractivity (Wildman–Crippen MR) is 106 cm³/mol. The number of amides is 2. The quantitative estimate of drug-likeness (QED) is 0.633. The molecule has 146 valence electrons. The highest BCUT2D eigenvalue weighted by Crippen LogP contribution is 2.30. The molecular formula is C17H17N5O4S2. The number of benzene rings is 1. The molecule has 9 nitrogen and oxygen atoms in total. The summed E-state index contributed by atoms with van der Waals surface area (Å²) in [6, 6.07) is 10.4. The minimum Gasteiger partial charge on any atom is -0.462 e. The van der Waals surface area contributed by atoms with Crippen LogP contribution in [0.1, 0.15) is 5.56 Å². The molecule has 2 amide bonds. The van der Waals surface area contributed by atoms with Gasteiger partial charge < -0.3 is 9.73 Å². The van der Waals surface area contributed by atoms with Crippen molar-refractivity contribution in [3.8, 4) is 10.8 Å². The van der Waals surface area contributed by atoms with E-state index in [0.717, 1.165) is 16.9 Å². The minimum atomic E-state index is -3.51. The number of rotatable bonds is 6. The van der Waals surface area contributed by atoms with Crippen molar-refractivity contribution in [3.63, 3.8) is 0 Å². The van der Waals surface area contributed by atoms with E-state index in [1.54, 1.807) is 18.2 Å². The Morgan fingerprint density at radius 3 is 2.89 bits per heavy atom. The molecule has 0 saturated heterocycles. The monoisotopic (exact) mass is 419 g/mol. The smallest absolute Gasteiger partial charge is 0.321 e. The van der Waals surface area contributed by atoms with Crippen molar-refractivity contribution in [1.82, 2.24) is 15.5 Å². The fourth-order valence-electron chi connectivity index (χ4n) is 2.92. The third-order valence-corrected chi connectivity index (χ3v) is 6.83. The molecule has 0 aliphatic carbocycles.